The van der Waals surface area contributed by atoms with E-state index in [1.165, 1.54) is 16.7 Å². The maximum absolute atomic E-state index is 10.2. The summed E-state index contributed by atoms with van der Waals surface area (Å²) in [4.78, 5) is 0. The highest BCUT2D eigenvalue weighted by atomic mass is 16.3. The molecule has 1 aromatic carbocycles. The van der Waals surface area contributed by atoms with Crippen LogP contribution < -0.4 is 0 Å². The zero-order chi connectivity index (χ0) is 16.4. The van der Waals surface area contributed by atoms with Crippen molar-refractivity contribution in [2.45, 2.75) is 59.5 Å². The van der Waals surface area contributed by atoms with Gasteiger partial charge in [-0.1, -0.05) is 65.3 Å². The fraction of sp³-hybridized carbons (Fsp3) is 0.429. The zero-order valence-corrected chi connectivity index (χ0v) is 14.5. The summed E-state index contributed by atoms with van der Waals surface area (Å²) < 4.78 is 0. The highest BCUT2D eigenvalue weighted by molar-refractivity contribution is 5.22. The van der Waals surface area contributed by atoms with E-state index in [-0.39, 0.29) is 0 Å². The maximum atomic E-state index is 10.2. The van der Waals surface area contributed by atoms with E-state index in [4.69, 9.17) is 0 Å². The molecule has 0 spiro atoms. The van der Waals surface area contributed by atoms with Gasteiger partial charge in [-0.3, -0.25) is 0 Å². The number of aliphatic hydroxyl groups is 1. The lowest BCUT2D eigenvalue weighted by molar-refractivity contribution is 0.227. The Morgan fingerprint density at radius 3 is 2.14 bits per heavy atom. The molecule has 0 saturated heterocycles. The zero-order valence-electron chi connectivity index (χ0n) is 14.5. The Kier molecular flexibility index (Phi) is 8.54. The van der Waals surface area contributed by atoms with Crippen molar-refractivity contribution in [3.8, 4) is 0 Å². The SMILES string of the molecule is CC(C)=CCC/C(C)=C/CC/C(C)=C/C(O)c1ccccc1. The third kappa shape index (κ3) is 7.99. The van der Waals surface area contributed by atoms with Crippen LogP contribution >= 0.6 is 0 Å². The van der Waals surface area contributed by atoms with Gasteiger partial charge in [0.05, 0.1) is 6.10 Å². The van der Waals surface area contributed by atoms with Gasteiger partial charge in [-0.15, -0.1) is 0 Å². The minimum absolute atomic E-state index is 0.496. The molecule has 0 aromatic heterocycles. The fourth-order valence-electron chi connectivity index (χ4n) is 2.34. The van der Waals surface area contributed by atoms with Crippen LogP contribution in [-0.4, -0.2) is 5.11 Å². The molecule has 1 atom stereocenters. The smallest absolute Gasteiger partial charge is 0.0974 e. The second-order valence-corrected chi connectivity index (χ2v) is 6.28. The van der Waals surface area contributed by atoms with Crippen molar-refractivity contribution in [3.05, 3.63) is 70.8 Å². The molecule has 0 bridgehead atoms. The van der Waals surface area contributed by atoms with Gasteiger partial charge in [0.1, 0.15) is 0 Å². The number of benzene rings is 1. The van der Waals surface area contributed by atoms with E-state index in [2.05, 4.69) is 39.8 Å². The van der Waals surface area contributed by atoms with Crippen LogP contribution in [0.2, 0.25) is 0 Å². The van der Waals surface area contributed by atoms with Crippen molar-refractivity contribution in [2.75, 3.05) is 0 Å². The topological polar surface area (TPSA) is 20.2 Å². The molecular formula is C21H30O. The summed E-state index contributed by atoms with van der Waals surface area (Å²) in [5, 5.41) is 10.2. The van der Waals surface area contributed by atoms with E-state index in [9.17, 15) is 5.11 Å². The van der Waals surface area contributed by atoms with Crippen molar-refractivity contribution in [1.82, 2.24) is 0 Å². The molecule has 1 unspecified atom stereocenters. The third-order valence-corrected chi connectivity index (χ3v) is 3.71. The molecule has 1 rings (SSSR count). The van der Waals surface area contributed by atoms with Crippen LogP contribution in [-0.2, 0) is 0 Å². The van der Waals surface area contributed by atoms with Crippen LogP contribution in [0.15, 0.2) is 65.3 Å². The molecular weight excluding hydrogens is 268 g/mol. The summed E-state index contributed by atoms with van der Waals surface area (Å²) >= 11 is 0. The molecule has 1 aromatic rings. The lowest BCUT2D eigenvalue weighted by atomic mass is 10.0. The van der Waals surface area contributed by atoms with Crippen LogP contribution in [0.4, 0.5) is 0 Å². The Hall–Kier alpha value is -1.60. The predicted octanol–water partition coefficient (Wildman–Crippen LogP) is 6.14. The summed E-state index contributed by atoms with van der Waals surface area (Å²) in [7, 11) is 0. The number of allylic oxidation sites excluding steroid dienone is 5. The van der Waals surface area contributed by atoms with E-state index in [0.29, 0.717) is 0 Å². The minimum Gasteiger partial charge on any atom is -0.384 e. The van der Waals surface area contributed by atoms with E-state index in [0.717, 1.165) is 31.2 Å². The Morgan fingerprint density at radius 2 is 1.50 bits per heavy atom. The van der Waals surface area contributed by atoms with E-state index < -0.39 is 6.10 Å². The van der Waals surface area contributed by atoms with Gasteiger partial charge in [0, 0.05) is 0 Å². The first kappa shape index (κ1) is 18.4. The number of hydrogen-bond acceptors (Lipinski definition) is 1. The van der Waals surface area contributed by atoms with Gasteiger partial charge in [0.15, 0.2) is 0 Å². The second-order valence-electron chi connectivity index (χ2n) is 6.28. The summed E-state index contributed by atoms with van der Waals surface area (Å²) in [6.07, 6.45) is 10.4. The van der Waals surface area contributed by atoms with Crippen LogP contribution in [0.1, 0.15) is 65.0 Å². The second kappa shape index (κ2) is 10.2. The van der Waals surface area contributed by atoms with Crippen LogP contribution in [0, 0.1) is 0 Å². The van der Waals surface area contributed by atoms with Crippen molar-refractivity contribution >= 4 is 0 Å². The molecule has 0 saturated carbocycles. The molecule has 1 heteroatoms. The highest BCUT2D eigenvalue weighted by Crippen LogP contribution is 2.18. The fourth-order valence-corrected chi connectivity index (χ4v) is 2.34. The van der Waals surface area contributed by atoms with Gasteiger partial charge < -0.3 is 5.11 Å². The van der Waals surface area contributed by atoms with Crippen molar-refractivity contribution in [2.24, 2.45) is 0 Å². The molecule has 0 aliphatic rings. The Labute approximate surface area is 136 Å². The Bertz CT molecular complexity index is 516. The van der Waals surface area contributed by atoms with Gasteiger partial charge in [-0.05, 0) is 58.9 Å². The molecule has 0 aliphatic carbocycles. The molecule has 1 nitrogen and oxygen atoms in total. The average molecular weight is 298 g/mol. The molecule has 0 fully saturated rings. The first-order valence-electron chi connectivity index (χ1n) is 8.18. The normalized spacial score (nSPS) is 13.9. The van der Waals surface area contributed by atoms with Crippen LogP contribution in [0.25, 0.3) is 0 Å². The van der Waals surface area contributed by atoms with Crippen molar-refractivity contribution in [3.63, 3.8) is 0 Å². The third-order valence-electron chi connectivity index (χ3n) is 3.71. The molecule has 0 radical (unpaired) electrons. The number of aliphatic hydroxyl groups excluding tert-OH is 1. The first-order valence-corrected chi connectivity index (χ1v) is 8.18. The summed E-state index contributed by atoms with van der Waals surface area (Å²) in [6, 6.07) is 9.81. The average Bonchev–Trinajstić information content (AvgIpc) is 2.47. The van der Waals surface area contributed by atoms with Gasteiger partial charge >= 0.3 is 0 Å². The first-order chi connectivity index (χ1) is 10.5. The molecule has 0 aliphatic heterocycles. The highest BCUT2D eigenvalue weighted by Gasteiger charge is 2.03. The predicted molar refractivity (Wildman–Crippen MR) is 96.8 cm³/mol. The van der Waals surface area contributed by atoms with E-state index >= 15 is 0 Å². The number of hydrogen-bond donors (Lipinski definition) is 1. The lowest BCUT2D eigenvalue weighted by Gasteiger charge is -2.08. The van der Waals surface area contributed by atoms with E-state index in [1.54, 1.807) is 0 Å². The van der Waals surface area contributed by atoms with Gasteiger partial charge in [-0.2, -0.15) is 0 Å². The van der Waals surface area contributed by atoms with E-state index in [1.807, 2.05) is 36.4 Å². The summed E-state index contributed by atoms with van der Waals surface area (Å²) in [5.74, 6) is 0. The molecule has 120 valence electrons. The molecule has 0 heterocycles. The number of rotatable bonds is 8. The van der Waals surface area contributed by atoms with Gasteiger partial charge in [0.2, 0.25) is 0 Å². The minimum atomic E-state index is -0.496. The van der Waals surface area contributed by atoms with Crippen LogP contribution in [0.5, 0.6) is 0 Å². The lowest BCUT2D eigenvalue weighted by Crippen LogP contribution is -1.94. The van der Waals surface area contributed by atoms with Crippen molar-refractivity contribution in [1.29, 1.82) is 0 Å². The monoisotopic (exact) mass is 298 g/mol. The molecule has 22 heavy (non-hydrogen) atoms. The van der Waals surface area contributed by atoms with Gasteiger partial charge in [0.25, 0.3) is 0 Å². The molecule has 0 amide bonds. The Morgan fingerprint density at radius 1 is 0.909 bits per heavy atom. The molecule has 1 N–H and O–H groups in total. The largest absolute Gasteiger partial charge is 0.384 e. The quantitative estimate of drug-likeness (QED) is 0.571. The summed E-state index contributed by atoms with van der Waals surface area (Å²) in [5.41, 5.74) is 5.04. The van der Waals surface area contributed by atoms with Gasteiger partial charge in [-0.25, -0.2) is 0 Å². The summed E-state index contributed by atoms with van der Waals surface area (Å²) in [6.45, 7) is 8.59. The van der Waals surface area contributed by atoms with Crippen LogP contribution in [0.3, 0.4) is 0 Å². The maximum Gasteiger partial charge on any atom is 0.0974 e. The van der Waals surface area contributed by atoms with Crippen molar-refractivity contribution < 1.29 is 5.11 Å². The standard InChI is InChI=1S/C21H30O/c1-17(2)10-8-11-18(3)12-9-13-19(4)16-21(22)20-14-6-5-7-15-20/h5-7,10,12,14-16,21-22H,8-9,11,13H2,1-4H3/b18-12+,19-16+. The Balaban J connectivity index is 2.40.